The standard InChI is InChI=1S/C39H72S/c1-7-25-39(28-24-31(3)8-2,27-15-9-14-26-38(6)30-35-18-12-13-19-36(35)38)37(40)29-34-17-11-10-16-32(4)20-21-33(5)22-23-34/h31,33-37,40H,4,7-30H2,1-3,5-6H3. The molecule has 0 aromatic heterocycles. The van der Waals surface area contributed by atoms with Crippen LogP contribution in [0, 0.1) is 40.4 Å². The summed E-state index contributed by atoms with van der Waals surface area (Å²) in [5.41, 5.74) is 2.64. The Morgan fingerprint density at radius 3 is 2.42 bits per heavy atom. The first-order valence-corrected chi connectivity index (χ1v) is 19.1. The molecule has 3 fully saturated rings. The molecule has 0 aromatic rings. The number of unbranched alkanes of at least 4 members (excludes halogenated alkanes) is 2. The van der Waals surface area contributed by atoms with Gasteiger partial charge in [0.2, 0.25) is 0 Å². The molecule has 3 rings (SSSR count). The van der Waals surface area contributed by atoms with Gasteiger partial charge >= 0.3 is 0 Å². The summed E-state index contributed by atoms with van der Waals surface area (Å²) in [6.45, 7) is 16.8. The second-order valence-electron chi connectivity index (χ2n) is 16.1. The highest BCUT2D eigenvalue weighted by Crippen LogP contribution is 2.59. The van der Waals surface area contributed by atoms with Crippen molar-refractivity contribution in [3.05, 3.63) is 12.2 Å². The highest BCUT2D eigenvalue weighted by molar-refractivity contribution is 7.81. The van der Waals surface area contributed by atoms with Gasteiger partial charge in [0.15, 0.2) is 0 Å². The van der Waals surface area contributed by atoms with Crippen LogP contribution in [0.2, 0.25) is 0 Å². The molecule has 40 heavy (non-hydrogen) atoms. The summed E-state index contributed by atoms with van der Waals surface area (Å²) >= 11 is 5.59. The maximum Gasteiger partial charge on any atom is 0.00759 e. The Labute approximate surface area is 258 Å². The van der Waals surface area contributed by atoms with E-state index in [1.54, 1.807) is 6.42 Å². The average molecular weight is 573 g/mol. The molecule has 3 aliphatic carbocycles. The largest absolute Gasteiger partial charge is 0.175 e. The fourth-order valence-electron chi connectivity index (χ4n) is 9.53. The number of fused-ring (bicyclic) bond motifs is 1. The van der Waals surface area contributed by atoms with E-state index in [1.807, 2.05) is 0 Å². The third-order valence-electron chi connectivity index (χ3n) is 12.7. The molecule has 8 unspecified atom stereocenters. The number of allylic oxidation sites excluding steroid dienone is 1. The molecule has 0 bridgehead atoms. The predicted octanol–water partition coefficient (Wildman–Crippen LogP) is 13.4. The van der Waals surface area contributed by atoms with E-state index in [9.17, 15) is 0 Å². The topological polar surface area (TPSA) is 0 Å². The monoisotopic (exact) mass is 573 g/mol. The lowest BCUT2D eigenvalue weighted by atomic mass is 9.49. The molecular weight excluding hydrogens is 500 g/mol. The zero-order valence-electron chi connectivity index (χ0n) is 28.1. The van der Waals surface area contributed by atoms with Crippen LogP contribution >= 0.6 is 12.6 Å². The summed E-state index contributed by atoms with van der Waals surface area (Å²) in [4.78, 5) is 0. The smallest absolute Gasteiger partial charge is 0.00759 e. The SMILES string of the molecule is C=C1CCCCC(CC(S)C(CCC)(CCCCCC2(C)CC3CCCCC32)CCC(C)CC)CCC(C)CC1. The molecule has 0 radical (unpaired) electrons. The van der Waals surface area contributed by atoms with Gasteiger partial charge in [-0.25, -0.2) is 0 Å². The summed E-state index contributed by atoms with van der Waals surface area (Å²) in [7, 11) is 0. The highest BCUT2D eigenvalue weighted by Gasteiger charge is 2.49. The van der Waals surface area contributed by atoms with Crippen LogP contribution < -0.4 is 0 Å². The molecule has 0 nitrogen and oxygen atoms in total. The van der Waals surface area contributed by atoms with E-state index in [0.29, 0.717) is 16.1 Å². The summed E-state index contributed by atoms with van der Waals surface area (Å²) in [6, 6.07) is 0. The number of hydrogen-bond acceptors (Lipinski definition) is 1. The number of hydrogen-bond donors (Lipinski definition) is 1. The Kier molecular flexibility index (Phi) is 15.0. The van der Waals surface area contributed by atoms with E-state index in [4.69, 9.17) is 12.6 Å². The molecule has 0 saturated heterocycles. The van der Waals surface area contributed by atoms with E-state index >= 15 is 0 Å². The summed E-state index contributed by atoms with van der Waals surface area (Å²) in [6.07, 6.45) is 34.0. The number of rotatable bonds is 15. The van der Waals surface area contributed by atoms with Crippen molar-refractivity contribution in [3.8, 4) is 0 Å². The molecule has 0 heterocycles. The molecule has 0 aliphatic heterocycles. The van der Waals surface area contributed by atoms with Crippen molar-refractivity contribution < 1.29 is 0 Å². The van der Waals surface area contributed by atoms with E-state index in [0.717, 1.165) is 29.6 Å². The van der Waals surface area contributed by atoms with Crippen LogP contribution in [-0.4, -0.2) is 5.25 Å². The van der Waals surface area contributed by atoms with Crippen LogP contribution in [0.4, 0.5) is 0 Å². The normalized spacial score (nSPS) is 33.2. The molecule has 0 spiro atoms. The third kappa shape index (κ3) is 10.4. The first kappa shape index (κ1) is 34.6. The molecule has 3 aliphatic rings. The summed E-state index contributed by atoms with van der Waals surface area (Å²) in [5.74, 6) is 4.74. The second-order valence-corrected chi connectivity index (χ2v) is 16.7. The van der Waals surface area contributed by atoms with Crippen LogP contribution in [0.25, 0.3) is 0 Å². The van der Waals surface area contributed by atoms with Crippen LogP contribution in [-0.2, 0) is 0 Å². The van der Waals surface area contributed by atoms with Crippen molar-refractivity contribution in [1.29, 1.82) is 0 Å². The van der Waals surface area contributed by atoms with Gasteiger partial charge in [-0.1, -0.05) is 130 Å². The Bertz CT molecular complexity index is 712. The van der Waals surface area contributed by atoms with Crippen LogP contribution in [0.5, 0.6) is 0 Å². The maximum atomic E-state index is 5.59. The quantitative estimate of drug-likeness (QED) is 0.113. The van der Waals surface area contributed by atoms with Crippen molar-refractivity contribution in [2.45, 2.75) is 194 Å². The highest BCUT2D eigenvalue weighted by atomic mass is 32.1. The maximum absolute atomic E-state index is 5.59. The molecule has 234 valence electrons. The average Bonchev–Trinajstić information content (AvgIpc) is 2.97. The minimum atomic E-state index is 0.447. The minimum absolute atomic E-state index is 0.447. The van der Waals surface area contributed by atoms with Gasteiger partial charge in [-0.15, -0.1) is 0 Å². The molecule has 8 atom stereocenters. The zero-order valence-corrected chi connectivity index (χ0v) is 29.0. The molecule has 0 N–H and O–H groups in total. The van der Waals surface area contributed by atoms with Gasteiger partial charge < -0.3 is 0 Å². The van der Waals surface area contributed by atoms with E-state index in [2.05, 4.69) is 41.2 Å². The Hall–Kier alpha value is 0.0900. The molecule has 3 saturated carbocycles. The van der Waals surface area contributed by atoms with E-state index < -0.39 is 0 Å². The predicted molar refractivity (Wildman–Crippen MR) is 183 cm³/mol. The van der Waals surface area contributed by atoms with Gasteiger partial charge in [0.25, 0.3) is 0 Å². The summed E-state index contributed by atoms with van der Waals surface area (Å²) in [5, 5.41) is 0.573. The first-order chi connectivity index (χ1) is 19.2. The molecule has 1 heteroatoms. The van der Waals surface area contributed by atoms with Gasteiger partial charge in [0, 0.05) is 5.25 Å². The first-order valence-electron chi connectivity index (χ1n) is 18.6. The van der Waals surface area contributed by atoms with Crippen molar-refractivity contribution in [2.24, 2.45) is 40.4 Å². The lowest BCUT2D eigenvalue weighted by Gasteiger charge is -2.56. The van der Waals surface area contributed by atoms with Crippen LogP contribution in [0.1, 0.15) is 189 Å². The second kappa shape index (κ2) is 17.4. The van der Waals surface area contributed by atoms with Crippen molar-refractivity contribution >= 4 is 12.6 Å². The van der Waals surface area contributed by atoms with Crippen molar-refractivity contribution in [2.75, 3.05) is 0 Å². The van der Waals surface area contributed by atoms with Gasteiger partial charge in [-0.05, 0) is 111 Å². The fraction of sp³-hybridized carbons (Fsp3) is 0.949. The lowest BCUT2D eigenvalue weighted by molar-refractivity contribution is -0.0638. The third-order valence-corrected chi connectivity index (χ3v) is 13.5. The lowest BCUT2D eigenvalue weighted by Crippen LogP contribution is -2.47. The van der Waals surface area contributed by atoms with E-state index in [-0.39, 0.29) is 0 Å². The van der Waals surface area contributed by atoms with Crippen molar-refractivity contribution in [1.82, 2.24) is 0 Å². The Morgan fingerprint density at radius 1 is 0.900 bits per heavy atom. The Balaban J connectivity index is 1.58. The summed E-state index contributed by atoms with van der Waals surface area (Å²) < 4.78 is 0. The minimum Gasteiger partial charge on any atom is -0.175 e. The fourth-order valence-corrected chi connectivity index (χ4v) is 10.2. The van der Waals surface area contributed by atoms with E-state index in [1.165, 1.54) is 153 Å². The van der Waals surface area contributed by atoms with Gasteiger partial charge in [-0.2, -0.15) is 12.6 Å². The van der Waals surface area contributed by atoms with Crippen LogP contribution in [0.15, 0.2) is 12.2 Å². The van der Waals surface area contributed by atoms with Gasteiger partial charge in [0.05, 0.1) is 0 Å². The molecular formula is C39H72S. The zero-order chi connectivity index (χ0) is 29.0. The molecule has 0 aromatic carbocycles. The van der Waals surface area contributed by atoms with Crippen molar-refractivity contribution in [3.63, 3.8) is 0 Å². The Morgan fingerprint density at radius 2 is 1.68 bits per heavy atom. The van der Waals surface area contributed by atoms with Gasteiger partial charge in [-0.3, -0.25) is 0 Å². The number of thiol groups is 1. The van der Waals surface area contributed by atoms with Gasteiger partial charge in [0.1, 0.15) is 0 Å². The molecule has 0 amide bonds. The van der Waals surface area contributed by atoms with Crippen LogP contribution in [0.3, 0.4) is 0 Å².